The molecule has 4 aliphatic carbocycles. The van der Waals surface area contributed by atoms with E-state index in [4.69, 9.17) is 0 Å². The number of rotatable bonds is 7. The van der Waals surface area contributed by atoms with Crippen LogP contribution in [0.3, 0.4) is 0 Å². The number of benzene rings is 2. The van der Waals surface area contributed by atoms with Crippen molar-refractivity contribution in [3.63, 3.8) is 0 Å². The summed E-state index contributed by atoms with van der Waals surface area (Å²) < 4.78 is 0. The first-order valence-electron chi connectivity index (χ1n) is 10.7. The smallest absolute Gasteiger partial charge is 0.0238 e. The lowest BCUT2D eigenvalue weighted by Crippen LogP contribution is -2.84. The average Bonchev–Trinajstić information content (AvgIpc) is 3.14. The Morgan fingerprint density at radius 1 is 0.846 bits per heavy atom. The molecule has 0 heterocycles. The minimum atomic E-state index is 0.460. The second kappa shape index (κ2) is 6.53. The van der Waals surface area contributed by atoms with Crippen molar-refractivity contribution in [1.29, 1.82) is 0 Å². The zero-order valence-electron chi connectivity index (χ0n) is 15.8. The Kier molecular flexibility index (Phi) is 4.16. The van der Waals surface area contributed by atoms with Crippen LogP contribution in [0, 0.1) is 11.8 Å². The highest BCUT2D eigenvalue weighted by atomic mass is 15.1. The quantitative estimate of drug-likeness (QED) is 0.653. The normalized spacial score (nSPS) is 32.8. The molecular weight excluding hydrogens is 314 g/mol. The second-order valence-electron chi connectivity index (χ2n) is 9.07. The number of hydrogen-bond acceptors (Lipinski definition) is 1. The fourth-order valence-electron chi connectivity index (χ4n) is 6.64. The highest BCUT2D eigenvalue weighted by molar-refractivity contribution is 5.45. The van der Waals surface area contributed by atoms with Crippen molar-refractivity contribution in [2.75, 3.05) is 6.54 Å². The molecule has 0 unspecified atom stereocenters. The van der Waals surface area contributed by atoms with Crippen LogP contribution in [0.2, 0.25) is 0 Å². The molecule has 1 N–H and O–H groups in total. The minimum Gasteiger partial charge on any atom is -0.311 e. The molecule has 0 amide bonds. The molecule has 4 aliphatic rings. The maximum absolute atomic E-state index is 4.05. The van der Waals surface area contributed by atoms with Gasteiger partial charge in [-0.1, -0.05) is 86.3 Å². The number of hydrogen-bond donors (Lipinski definition) is 1. The lowest BCUT2D eigenvalue weighted by atomic mass is 9.29. The molecule has 1 nitrogen and oxygen atoms in total. The molecule has 0 aromatic heterocycles. The van der Waals surface area contributed by atoms with E-state index in [1.165, 1.54) is 63.5 Å². The molecule has 0 aliphatic heterocycles. The summed E-state index contributed by atoms with van der Waals surface area (Å²) in [6.45, 7) is 1.17. The fraction of sp³-hybridized carbons (Fsp3) is 0.520. The van der Waals surface area contributed by atoms with Crippen molar-refractivity contribution in [3.05, 3.63) is 71.8 Å². The first-order valence-corrected chi connectivity index (χ1v) is 10.7. The molecule has 2 aromatic carbocycles. The first-order chi connectivity index (χ1) is 12.8. The van der Waals surface area contributed by atoms with Crippen LogP contribution < -0.4 is 5.32 Å². The Labute approximate surface area is 158 Å². The fourth-order valence-corrected chi connectivity index (χ4v) is 6.64. The average molecular weight is 346 g/mol. The number of nitrogens with one attached hydrogen (secondary N) is 1. The molecule has 4 saturated carbocycles. The van der Waals surface area contributed by atoms with Crippen LogP contribution in [0.25, 0.3) is 0 Å². The third-order valence-electron chi connectivity index (χ3n) is 7.63. The van der Waals surface area contributed by atoms with Gasteiger partial charge in [0, 0.05) is 11.0 Å². The third kappa shape index (κ3) is 2.55. The Balaban J connectivity index is 1.24. The van der Waals surface area contributed by atoms with Crippen LogP contribution in [-0.4, -0.2) is 12.1 Å². The molecule has 136 valence electrons. The van der Waals surface area contributed by atoms with Crippen molar-refractivity contribution < 1.29 is 0 Å². The summed E-state index contributed by atoms with van der Waals surface area (Å²) >= 11 is 0. The van der Waals surface area contributed by atoms with E-state index < -0.39 is 0 Å². The Morgan fingerprint density at radius 3 is 2.19 bits per heavy atom. The first kappa shape index (κ1) is 16.6. The third-order valence-corrected chi connectivity index (χ3v) is 7.63. The summed E-state index contributed by atoms with van der Waals surface area (Å²) in [5, 5.41) is 4.05. The molecule has 26 heavy (non-hydrogen) atoms. The predicted octanol–water partition coefficient (Wildman–Crippen LogP) is 5.50. The van der Waals surface area contributed by atoms with E-state index in [9.17, 15) is 0 Å². The van der Waals surface area contributed by atoms with E-state index >= 15 is 0 Å². The highest BCUT2D eigenvalue weighted by Gasteiger charge is 2.76. The van der Waals surface area contributed by atoms with Gasteiger partial charge in [-0.15, -0.1) is 0 Å². The molecule has 2 aromatic rings. The lowest BCUT2D eigenvalue weighted by Gasteiger charge is -2.79. The van der Waals surface area contributed by atoms with Crippen molar-refractivity contribution in [2.45, 2.75) is 62.3 Å². The molecule has 1 heteroatoms. The molecule has 1 atom stereocenters. The van der Waals surface area contributed by atoms with Gasteiger partial charge in [-0.05, 0) is 55.2 Å². The van der Waals surface area contributed by atoms with Gasteiger partial charge in [0.25, 0.3) is 0 Å². The Bertz CT molecular complexity index is 723. The van der Waals surface area contributed by atoms with Crippen molar-refractivity contribution in [2.24, 2.45) is 11.8 Å². The van der Waals surface area contributed by atoms with Gasteiger partial charge < -0.3 is 5.32 Å². The van der Waals surface area contributed by atoms with Crippen LogP contribution in [0.1, 0.15) is 56.1 Å². The molecule has 0 spiro atoms. The van der Waals surface area contributed by atoms with E-state index in [0.717, 1.165) is 11.8 Å². The molecular formula is C25H31N. The molecule has 0 radical (unpaired) electrons. The van der Waals surface area contributed by atoms with E-state index in [2.05, 4.69) is 66.0 Å². The SMILES string of the molecule is c1ccc(CCCNC23CC(c4ccccc4)(C2)[C@@H]3C2CCCC2)cc1. The van der Waals surface area contributed by atoms with Crippen LogP contribution in [0.5, 0.6) is 0 Å². The summed E-state index contributed by atoms with van der Waals surface area (Å²) in [7, 11) is 0. The lowest BCUT2D eigenvalue weighted by molar-refractivity contribution is -0.195. The van der Waals surface area contributed by atoms with E-state index in [1.807, 2.05) is 0 Å². The van der Waals surface area contributed by atoms with Crippen LogP contribution >= 0.6 is 0 Å². The zero-order valence-corrected chi connectivity index (χ0v) is 15.8. The van der Waals surface area contributed by atoms with Crippen LogP contribution in [-0.2, 0) is 11.8 Å². The zero-order chi connectivity index (χ0) is 17.5. The second-order valence-corrected chi connectivity index (χ2v) is 9.07. The minimum absolute atomic E-state index is 0.460. The van der Waals surface area contributed by atoms with Gasteiger partial charge in [0.05, 0.1) is 0 Å². The van der Waals surface area contributed by atoms with Crippen molar-refractivity contribution in [1.82, 2.24) is 5.32 Å². The van der Waals surface area contributed by atoms with E-state index in [0.29, 0.717) is 11.0 Å². The molecule has 6 rings (SSSR count). The van der Waals surface area contributed by atoms with E-state index in [1.54, 1.807) is 5.56 Å². The largest absolute Gasteiger partial charge is 0.311 e. The van der Waals surface area contributed by atoms with Gasteiger partial charge in [-0.25, -0.2) is 0 Å². The highest BCUT2D eigenvalue weighted by Crippen LogP contribution is 2.75. The summed E-state index contributed by atoms with van der Waals surface area (Å²) in [6, 6.07) is 22.4. The van der Waals surface area contributed by atoms with Gasteiger partial charge >= 0.3 is 0 Å². The standard InChI is InChI=1S/C25H31N/c1-3-10-20(11-4-1)12-9-17-26-25-18-24(19-25,22-15-5-2-6-16-22)23(25)21-13-7-8-14-21/h1-6,10-11,15-16,21,23,26H,7-9,12-14,17-19H2/t23-,24?,25?/m0/s1. The summed E-state index contributed by atoms with van der Waals surface area (Å²) in [5.41, 5.74) is 4.05. The maximum Gasteiger partial charge on any atom is 0.0238 e. The van der Waals surface area contributed by atoms with E-state index in [-0.39, 0.29) is 0 Å². The van der Waals surface area contributed by atoms with Crippen LogP contribution in [0.4, 0.5) is 0 Å². The van der Waals surface area contributed by atoms with Gasteiger partial charge in [-0.2, -0.15) is 0 Å². The number of aryl methyl sites for hydroxylation is 1. The molecule has 4 fully saturated rings. The van der Waals surface area contributed by atoms with Crippen molar-refractivity contribution in [3.8, 4) is 0 Å². The molecule has 2 bridgehead atoms. The Morgan fingerprint density at radius 2 is 1.50 bits per heavy atom. The van der Waals surface area contributed by atoms with Gasteiger partial charge in [-0.3, -0.25) is 0 Å². The topological polar surface area (TPSA) is 12.0 Å². The van der Waals surface area contributed by atoms with Crippen LogP contribution in [0.15, 0.2) is 60.7 Å². The van der Waals surface area contributed by atoms with Gasteiger partial charge in [0.1, 0.15) is 0 Å². The summed E-state index contributed by atoms with van der Waals surface area (Å²) in [4.78, 5) is 0. The summed E-state index contributed by atoms with van der Waals surface area (Å²) in [6.07, 6.45) is 11.0. The Hall–Kier alpha value is -1.60. The predicted molar refractivity (Wildman–Crippen MR) is 108 cm³/mol. The van der Waals surface area contributed by atoms with Gasteiger partial charge in [0.15, 0.2) is 0 Å². The molecule has 0 saturated heterocycles. The van der Waals surface area contributed by atoms with Gasteiger partial charge in [0.2, 0.25) is 0 Å². The monoisotopic (exact) mass is 345 g/mol. The summed E-state index contributed by atoms with van der Waals surface area (Å²) in [5.74, 6) is 1.84. The van der Waals surface area contributed by atoms with Crippen molar-refractivity contribution >= 4 is 0 Å². The maximum atomic E-state index is 4.05.